The van der Waals surface area contributed by atoms with Gasteiger partial charge < -0.3 is 5.32 Å². The molecule has 0 saturated heterocycles. The van der Waals surface area contributed by atoms with Crippen LogP contribution in [-0.2, 0) is 9.05 Å². The van der Waals surface area contributed by atoms with Crippen molar-refractivity contribution >= 4 is 37.2 Å². The summed E-state index contributed by atoms with van der Waals surface area (Å²) in [5, 5.41) is 2.53. The van der Waals surface area contributed by atoms with E-state index in [9.17, 15) is 13.2 Å². The van der Waals surface area contributed by atoms with Crippen molar-refractivity contribution in [2.45, 2.75) is 11.8 Å². The highest BCUT2D eigenvalue weighted by Gasteiger charge is 2.17. The number of carbonyl (C=O) groups is 1. The van der Waals surface area contributed by atoms with Crippen LogP contribution in [0.4, 0.5) is 0 Å². The topological polar surface area (TPSA) is 63.2 Å². The van der Waals surface area contributed by atoms with Gasteiger partial charge in [-0.05, 0) is 25.1 Å². The van der Waals surface area contributed by atoms with Crippen molar-refractivity contribution in [1.29, 1.82) is 0 Å². The maximum Gasteiger partial charge on any atom is 0.262 e. The fourth-order valence-electron chi connectivity index (χ4n) is 1.09. The van der Waals surface area contributed by atoms with Gasteiger partial charge in [-0.25, -0.2) is 8.42 Å². The van der Waals surface area contributed by atoms with E-state index < -0.39 is 9.05 Å². The maximum atomic E-state index is 11.4. The monoisotopic (exact) mass is 281 g/mol. The van der Waals surface area contributed by atoms with Gasteiger partial charge in [0.1, 0.15) is 4.90 Å². The number of hydrogen-bond donors (Lipinski definition) is 1. The van der Waals surface area contributed by atoms with Gasteiger partial charge in [0.2, 0.25) is 0 Å². The van der Waals surface area contributed by atoms with E-state index in [0.717, 1.165) is 6.07 Å². The van der Waals surface area contributed by atoms with Crippen LogP contribution in [-0.4, -0.2) is 20.9 Å². The molecule has 0 unspecified atom stereocenters. The second-order valence-electron chi connectivity index (χ2n) is 2.94. The molecule has 88 valence electrons. The first-order valence-corrected chi connectivity index (χ1v) is 7.07. The summed E-state index contributed by atoms with van der Waals surface area (Å²) >= 11 is 5.67. The van der Waals surface area contributed by atoms with Crippen molar-refractivity contribution in [3.8, 4) is 0 Å². The highest BCUT2D eigenvalue weighted by Crippen LogP contribution is 2.25. The summed E-state index contributed by atoms with van der Waals surface area (Å²) in [5.74, 6) is -0.374. The molecule has 0 aromatic heterocycles. The van der Waals surface area contributed by atoms with Crippen LogP contribution in [0.2, 0.25) is 5.02 Å². The number of rotatable bonds is 3. The minimum absolute atomic E-state index is 0.0111. The zero-order valence-corrected chi connectivity index (χ0v) is 10.7. The van der Waals surface area contributed by atoms with Gasteiger partial charge in [0, 0.05) is 22.8 Å². The molecule has 0 bridgehead atoms. The Morgan fingerprint density at radius 3 is 2.56 bits per heavy atom. The molecule has 4 nitrogen and oxygen atoms in total. The lowest BCUT2D eigenvalue weighted by molar-refractivity contribution is 0.0955. The number of hydrogen-bond acceptors (Lipinski definition) is 3. The molecule has 1 rings (SSSR count). The van der Waals surface area contributed by atoms with Gasteiger partial charge in [-0.15, -0.1) is 0 Å². The second-order valence-corrected chi connectivity index (χ2v) is 5.88. The number of halogens is 2. The molecular formula is C9H9Cl2NO3S. The van der Waals surface area contributed by atoms with Crippen LogP contribution in [0.25, 0.3) is 0 Å². The van der Waals surface area contributed by atoms with E-state index in [-0.39, 0.29) is 21.4 Å². The van der Waals surface area contributed by atoms with Crippen LogP contribution in [0.1, 0.15) is 17.3 Å². The minimum Gasteiger partial charge on any atom is -0.352 e. The van der Waals surface area contributed by atoms with E-state index in [1.54, 1.807) is 6.92 Å². The van der Waals surface area contributed by atoms with Crippen LogP contribution in [0.15, 0.2) is 23.1 Å². The van der Waals surface area contributed by atoms with E-state index in [1.807, 2.05) is 0 Å². The Hall–Kier alpha value is -0.780. The average molecular weight is 282 g/mol. The number of carbonyl (C=O) groups excluding carboxylic acids is 1. The Balaban J connectivity index is 3.23. The molecule has 0 aliphatic heterocycles. The Labute approximate surface area is 103 Å². The van der Waals surface area contributed by atoms with Crippen LogP contribution in [0.3, 0.4) is 0 Å². The lowest BCUT2D eigenvalue weighted by atomic mass is 10.2. The minimum atomic E-state index is -3.94. The molecule has 1 aromatic carbocycles. The molecule has 7 heteroatoms. The molecule has 0 atom stereocenters. The fraction of sp³-hybridized carbons (Fsp3) is 0.222. The van der Waals surface area contributed by atoms with Crippen molar-refractivity contribution in [3.63, 3.8) is 0 Å². The van der Waals surface area contributed by atoms with E-state index in [0.29, 0.717) is 6.54 Å². The third-order valence-corrected chi connectivity index (χ3v) is 3.60. The molecule has 1 N–H and O–H groups in total. The lowest BCUT2D eigenvalue weighted by Gasteiger charge is -2.05. The van der Waals surface area contributed by atoms with E-state index in [2.05, 4.69) is 5.32 Å². The standard InChI is InChI=1S/C9H9Cl2NO3S/c1-2-12-9(13)6-3-4-7(10)8(5-6)16(11,14)15/h3-5H,2H2,1H3,(H,12,13). The molecule has 0 aliphatic carbocycles. The van der Waals surface area contributed by atoms with Gasteiger partial charge in [0.25, 0.3) is 15.0 Å². The molecule has 1 amide bonds. The second kappa shape index (κ2) is 5.03. The first kappa shape index (κ1) is 13.3. The largest absolute Gasteiger partial charge is 0.352 e. The SMILES string of the molecule is CCNC(=O)c1ccc(Cl)c(S(=O)(=O)Cl)c1. The number of nitrogens with one attached hydrogen (secondary N) is 1. The molecule has 0 heterocycles. The summed E-state index contributed by atoms with van der Waals surface area (Å²) in [5.41, 5.74) is 0.200. The Morgan fingerprint density at radius 2 is 2.06 bits per heavy atom. The lowest BCUT2D eigenvalue weighted by Crippen LogP contribution is -2.22. The summed E-state index contributed by atoms with van der Waals surface area (Å²) in [6, 6.07) is 3.90. The van der Waals surface area contributed by atoms with E-state index in [4.69, 9.17) is 22.3 Å². The highest BCUT2D eigenvalue weighted by atomic mass is 35.7. The van der Waals surface area contributed by atoms with Gasteiger partial charge in [0.05, 0.1) is 5.02 Å². The summed E-state index contributed by atoms with van der Waals surface area (Å²) in [4.78, 5) is 11.2. The summed E-state index contributed by atoms with van der Waals surface area (Å²) in [6.07, 6.45) is 0. The predicted octanol–water partition coefficient (Wildman–Crippen LogP) is 2.02. The normalized spacial score (nSPS) is 11.2. The Morgan fingerprint density at radius 1 is 1.44 bits per heavy atom. The molecule has 0 spiro atoms. The van der Waals surface area contributed by atoms with Gasteiger partial charge in [-0.2, -0.15) is 0 Å². The Kier molecular flexibility index (Phi) is 4.18. The van der Waals surface area contributed by atoms with Gasteiger partial charge in [0.15, 0.2) is 0 Å². The van der Waals surface area contributed by atoms with Gasteiger partial charge in [-0.1, -0.05) is 11.6 Å². The number of benzene rings is 1. The summed E-state index contributed by atoms with van der Waals surface area (Å²) < 4.78 is 22.3. The summed E-state index contributed by atoms with van der Waals surface area (Å²) in [6.45, 7) is 2.21. The third-order valence-electron chi connectivity index (χ3n) is 1.79. The van der Waals surface area contributed by atoms with Crippen LogP contribution in [0.5, 0.6) is 0 Å². The zero-order chi connectivity index (χ0) is 12.3. The predicted molar refractivity (Wildman–Crippen MR) is 62.5 cm³/mol. The molecule has 16 heavy (non-hydrogen) atoms. The molecule has 1 aromatic rings. The first-order chi connectivity index (χ1) is 7.36. The molecule has 0 aliphatic rings. The van der Waals surface area contributed by atoms with Crippen molar-refractivity contribution in [2.75, 3.05) is 6.54 Å². The third kappa shape index (κ3) is 3.10. The molecule has 0 fully saturated rings. The van der Waals surface area contributed by atoms with Gasteiger partial charge in [-0.3, -0.25) is 4.79 Å². The molecule has 0 saturated carbocycles. The van der Waals surface area contributed by atoms with Gasteiger partial charge >= 0.3 is 0 Å². The van der Waals surface area contributed by atoms with Crippen LogP contribution >= 0.6 is 22.3 Å². The maximum absolute atomic E-state index is 11.4. The first-order valence-electron chi connectivity index (χ1n) is 4.38. The quantitative estimate of drug-likeness (QED) is 0.863. The Bertz CT molecular complexity index is 513. The average Bonchev–Trinajstić information content (AvgIpc) is 2.16. The van der Waals surface area contributed by atoms with Crippen LogP contribution in [0, 0.1) is 0 Å². The van der Waals surface area contributed by atoms with Crippen LogP contribution < -0.4 is 5.32 Å². The van der Waals surface area contributed by atoms with Crippen molar-refractivity contribution in [3.05, 3.63) is 28.8 Å². The number of amides is 1. The van der Waals surface area contributed by atoms with E-state index in [1.165, 1.54) is 12.1 Å². The highest BCUT2D eigenvalue weighted by molar-refractivity contribution is 8.13. The summed E-state index contributed by atoms with van der Waals surface area (Å²) in [7, 11) is 1.23. The fourth-order valence-corrected chi connectivity index (χ4v) is 2.59. The smallest absolute Gasteiger partial charge is 0.262 e. The zero-order valence-electron chi connectivity index (χ0n) is 8.33. The van der Waals surface area contributed by atoms with E-state index >= 15 is 0 Å². The van der Waals surface area contributed by atoms with Crippen molar-refractivity contribution in [2.24, 2.45) is 0 Å². The van der Waals surface area contributed by atoms with Crippen molar-refractivity contribution in [1.82, 2.24) is 5.32 Å². The molecule has 0 radical (unpaired) electrons. The van der Waals surface area contributed by atoms with Crippen molar-refractivity contribution < 1.29 is 13.2 Å². The molecular weight excluding hydrogens is 273 g/mol.